The van der Waals surface area contributed by atoms with E-state index in [1.54, 1.807) is 6.07 Å². The first kappa shape index (κ1) is 14.0. The summed E-state index contributed by atoms with van der Waals surface area (Å²) in [6.07, 6.45) is -2.57. The first-order valence-electron chi connectivity index (χ1n) is 6.08. The SMILES string of the molecule is NN1CCCC(c2ccccc2C(F)(F)F)C1C=O. The molecule has 6 heteroatoms. The number of hydrogen-bond donors (Lipinski definition) is 1. The number of nitrogens with two attached hydrogens (primary N) is 1. The second-order valence-corrected chi connectivity index (χ2v) is 4.70. The number of aldehydes is 1. The van der Waals surface area contributed by atoms with Crippen LogP contribution in [0.5, 0.6) is 0 Å². The van der Waals surface area contributed by atoms with Crippen molar-refractivity contribution < 1.29 is 18.0 Å². The molecule has 0 amide bonds. The van der Waals surface area contributed by atoms with Gasteiger partial charge in [-0.15, -0.1) is 0 Å². The number of benzene rings is 1. The van der Waals surface area contributed by atoms with Gasteiger partial charge in [-0.3, -0.25) is 5.84 Å². The zero-order chi connectivity index (χ0) is 14.0. The molecule has 1 heterocycles. The number of piperidine rings is 1. The van der Waals surface area contributed by atoms with Gasteiger partial charge in [0.25, 0.3) is 0 Å². The summed E-state index contributed by atoms with van der Waals surface area (Å²) in [5, 5.41) is 1.33. The number of alkyl halides is 3. The highest BCUT2D eigenvalue weighted by Gasteiger charge is 2.38. The van der Waals surface area contributed by atoms with Gasteiger partial charge in [0.1, 0.15) is 6.29 Å². The molecule has 1 aliphatic rings. The van der Waals surface area contributed by atoms with Crippen LogP contribution >= 0.6 is 0 Å². The third-order valence-corrected chi connectivity index (χ3v) is 3.53. The lowest BCUT2D eigenvalue weighted by Crippen LogP contribution is -2.49. The molecule has 1 fully saturated rings. The van der Waals surface area contributed by atoms with E-state index in [0.717, 1.165) is 6.07 Å². The number of halogens is 3. The number of carbonyl (C=O) groups is 1. The lowest BCUT2D eigenvalue weighted by molar-refractivity contribution is -0.139. The van der Waals surface area contributed by atoms with Gasteiger partial charge >= 0.3 is 6.18 Å². The second-order valence-electron chi connectivity index (χ2n) is 4.70. The molecule has 1 saturated heterocycles. The van der Waals surface area contributed by atoms with Gasteiger partial charge in [0, 0.05) is 12.5 Å². The van der Waals surface area contributed by atoms with E-state index in [1.807, 2.05) is 0 Å². The van der Waals surface area contributed by atoms with Crippen LogP contribution in [0.25, 0.3) is 0 Å². The Morgan fingerprint density at radius 1 is 1.32 bits per heavy atom. The van der Waals surface area contributed by atoms with Crippen molar-refractivity contribution in [1.82, 2.24) is 5.01 Å². The first-order chi connectivity index (χ1) is 8.95. The standard InChI is InChI=1S/C13H15F3N2O/c14-13(15,16)11-6-2-1-4-9(11)10-5-3-7-18(17)12(10)8-19/h1-2,4,6,8,10,12H,3,5,7,17H2. The monoisotopic (exact) mass is 272 g/mol. The number of carbonyl (C=O) groups excluding carboxylic acids is 1. The first-order valence-corrected chi connectivity index (χ1v) is 6.08. The minimum absolute atomic E-state index is 0.155. The van der Waals surface area contributed by atoms with Crippen LogP contribution in [0.3, 0.4) is 0 Å². The molecule has 2 unspecified atom stereocenters. The highest BCUT2D eigenvalue weighted by Crippen LogP contribution is 2.39. The normalized spacial score (nSPS) is 25.3. The molecule has 0 saturated carbocycles. The van der Waals surface area contributed by atoms with Crippen LogP contribution in [-0.2, 0) is 11.0 Å². The smallest absolute Gasteiger partial charge is 0.302 e. The molecule has 0 spiro atoms. The molecule has 3 nitrogen and oxygen atoms in total. The fraction of sp³-hybridized carbons (Fsp3) is 0.462. The largest absolute Gasteiger partial charge is 0.416 e. The third kappa shape index (κ3) is 2.79. The fourth-order valence-corrected chi connectivity index (χ4v) is 2.64. The van der Waals surface area contributed by atoms with Crippen molar-refractivity contribution in [2.45, 2.75) is 31.0 Å². The molecule has 1 aliphatic heterocycles. The number of nitrogens with zero attached hydrogens (tertiary/aromatic N) is 1. The molecule has 2 N–H and O–H groups in total. The Balaban J connectivity index is 2.43. The van der Waals surface area contributed by atoms with Gasteiger partial charge in [0.15, 0.2) is 0 Å². The second kappa shape index (κ2) is 5.30. The molecule has 2 rings (SSSR count). The summed E-state index contributed by atoms with van der Waals surface area (Å²) in [6.45, 7) is 0.522. The van der Waals surface area contributed by atoms with E-state index in [1.165, 1.54) is 17.1 Å². The van der Waals surface area contributed by atoms with Crippen molar-refractivity contribution in [3.8, 4) is 0 Å². The summed E-state index contributed by atoms with van der Waals surface area (Å²) < 4.78 is 39.0. The number of hydrogen-bond acceptors (Lipinski definition) is 3. The Morgan fingerprint density at radius 2 is 2.00 bits per heavy atom. The van der Waals surface area contributed by atoms with Crippen LogP contribution in [0.4, 0.5) is 13.2 Å². The van der Waals surface area contributed by atoms with Crippen LogP contribution in [0.15, 0.2) is 24.3 Å². The van der Waals surface area contributed by atoms with Crippen molar-refractivity contribution in [2.75, 3.05) is 6.54 Å². The molecular weight excluding hydrogens is 257 g/mol. The van der Waals surface area contributed by atoms with Gasteiger partial charge < -0.3 is 4.79 Å². The zero-order valence-electron chi connectivity index (χ0n) is 10.2. The average molecular weight is 272 g/mol. The van der Waals surface area contributed by atoms with Gasteiger partial charge in [-0.05, 0) is 24.5 Å². The van der Waals surface area contributed by atoms with Gasteiger partial charge in [0.05, 0.1) is 11.6 Å². The van der Waals surface area contributed by atoms with Crippen LogP contribution in [0.1, 0.15) is 29.9 Å². The van der Waals surface area contributed by atoms with Crippen LogP contribution < -0.4 is 5.84 Å². The Labute approximate surface area is 109 Å². The van der Waals surface area contributed by atoms with Crippen molar-refractivity contribution in [1.29, 1.82) is 0 Å². The zero-order valence-corrected chi connectivity index (χ0v) is 10.2. The minimum Gasteiger partial charge on any atom is -0.302 e. The molecule has 2 atom stereocenters. The van der Waals surface area contributed by atoms with E-state index in [4.69, 9.17) is 5.84 Å². The average Bonchev–Trinajstić information content (AvgIpc) is 2.37. The Bertz CT molecular complexity index is 461. The summed E-state index contributed by atoms with van der Waals surface area (Å²) in [7, 11) is 0. The fourth-order valence-electron chi connectivity index (χ4n) is 2.64. The molecule has 0 bridgehead atoms. The summed E-state index contributed by atoms with van der Waals surface area (Å²) in [5.41, 5.74) is -0.524. The Hall–Kier alpha value is -1.40. The van der Waals surface area contributed by atoms with E-state index < -0.39 is 23.7 Å². The highest BCUT2D eigenvalue weighted by atomic mass is 19.4. The quantitative estimate of drug-likeness (QED) is 0.664. The Morgan fingerprint density at radius 3 is 2.63 bits per heavy atom. The predicted molar refractivity (Wildman–Crippen MR) is 64.2 cm³/mol. The van der Waals surface area contributed by atoms with Crippen molar-refractivity contribution in [3.05, 3.63) is 35.4 Å². The van der Waals surface area contributed by atoms with Crippen molar-refractivity contribution in [3.63, 3.8) is 0 Å². The van der Waals surface area contributed by atoms with Gasteiger partial charge in [0.2, 0.25) is 0 Å². The maximum Gasteiger partial charge on any atom is 0.416 e. The van der Waals surface area contributed by atoms with E-state index in [9.17, 15) is 18.0 Å². The molecule has 104 valence electrons. The van der Waals surface area contributed by atoms with E-state index in [0.29, 0.717) is 25.7 Å². The van der Waals surface area contributed by atoms with Crippen LogP contribution in [0.2, 0.25) is 0 Å². The molecule has 19 heavy (non-hydrogen) atoms. The molecule has 0 aromatic heterocycles. The van der Waals surface area contributed by atoms with Gasteiger partial charge in [-0.25, -0.2) is 5.01 Å². The van der Waals surface area contributed by atoms with Crippen molar-refractivity contribution >= 4 is 6.29 Å². The van der Waals surface area contributed by atoms with Crippen LogP contribution in [-0.4, -0.2) is 23.9 Å². The summed E-state index contributed by atoms with van der Waals surface area (Å²) >= 11 is 0. The molecule has 1 aromatic carbocycles. The predicted octanol–water partition coefficient (Wildman–Crippen LogP) is 2.33. The summed E-state index contributed by atoms with van der Waals surface area (Å²) in [5.74, 6) is 5.19. The van der Waals surface area contributed by atoms with E-state index >= 15 is 0 Å². The van der Waals surface area contributed by atoms with Gasteiger partial charge in [-0.1, -0.05) is 18.2 Å². The highest BCUT2D eigenvalue weighted by molar-refractivity contribution is 5.61. The molecule has 0 radical (unpaired) electrons. The summed E-state index contributed by atoms with van der Waals surface area (Å²) in [6, 6.07) is 4.69. The lowest BCUT2D eigenvalue weighted by atomic mass is 9.82. The molecule has 0 aliphatic carbocycles. The maximum atomic E-state index is 13.0. The van der Waals surface area contributed by atoms with Crippen molar-refractivity contribution in [2.24, 2.45) is 5.84 Å². The van der Waals surface area contributed by atoms with E-state index in [-0.39, 0.29) is 5.56 Å². The topological polar surface area (TPSA) is 46.3 Å². The number of rotatable bonds is 2. The van der Waals surface area contributed by atoms with Crippen LogP contribution in [0, 0.1) is 0 Å². The lowest BCUT2D eigenvalue weighted by Gasteiger charge is -2.36. The summed E-state index contributed by atoms with van der Waals surface area (Å²) in [4.78, 5) is 11.1. The Kier molecular flexibility index (Phi) is 3.91. The third-order valence-electron chi connectivity index (χ3n) is 3.53. The number of hydrazine groups is 1. The maximum absolute atomic E-state index is 13.0. The molecular formula is C13H15F3N2O. The molecule has 1 aromatic rings. The minimum atomic E-state index is -4.42. The van der Waals surface area contributed by atoms with E-state index in [2.05, 4.69) is 0 Å². The van der Waals surface area contributed by atoms with Gasteiger partial charge in [-0.2, -0.15) is 13.2 Å².